The number of hydrogen-bond acceptors (Lipinski definition) is 3. The lowest BCUT2D eigenvalue weighted by molar-refractivity contribution is -0.137. The molecule has 2 atom stereocenters. The monoisotopic (exact) mass is 548 g/mol. The molecular weight excluding hydrogens is 505 g/mol. The van der Waals surface area contributed by atoms with Gasteiger partial charge in [0.1, 0.15) is 0 Å². The van der Waals surface area contributed by atoms with E-state index in [1.54, 1.807) is 4.90 Å². The highest BCUT2D eigenvalue weighted by atomic mass is 19.4. The van der Waals surface area contributed by atoms with Gasteiger partial charge in [-0.2, -0.15) is 13.2 Å². The van der Waals surface area contributed by atoms with Gasteiger partial charge in [-0.3, -0.25) is 9.69 Å². The van der Waals surface area contributed by atoms with E-state index in [9.17, 15) is 22.8 Å². The maximum Gasteiger partial charge on any atom is 0.416 e. The van der Waals surface area contributed by atoms with Gasteiger partial charge in [0.15, 0.2) is 0 Å². The normalized spacial score (nSPS) is 23.1. The van der Waals surface area contributed by atoms with Gasteiger partial charge in [0, 0.05) is 57.9 Å². The van der Waals surface area contributed by atoms with Crippen LogP contribution in [0.5, 0.6) is 0 Å². The smallest absolute Gasteiger partial charge is 0.340 e. The number of carbonyl (C=O) groups is 2. The van der Waals surface area contributed by atoms with Crippen LogP contribution in [0.15, 0.2) is 35.9 Å². The molecule has 1 aromatic rings. The lowest BCUT2D eigenvalue weighted by Crippen LogP contribution is -2.53. The van der Waals surface area contributed by atoms with Crippen LogP contribution in [0.25, 0.3) is 0 Å². The Balaban J connectivity index is 1.38. The van der Waals surface area contributed by atoms with Crippen molar-refractivity contribution in [2.45, 2.75) is 60.1 Å². The number of fused-ring (bicyclic) bond motifs is 1. The molecule has 1 aromatic carbocycles. The summed E-state index contributed by atoms with van der Waals surface area (Å²) in [6.45, 7) is 15.3. The van der Waals surface area contributed by atoms with E-state index in [4.69, 9.17) is 0 Å². The molecule has 0 aromatic heterocycles. The van der Waals surface area contributed by atoms with Crippen LogP contribution >= 0.6 is 0 Å². The van der Waals surface area contributed by atoms with E-state index in [0.29, 0.717) is 56.7 Å². The van der Waals surface area contributed by atoms with E-state index in [1.807, 2.05) is 4.90 Å². The fraction of sp³-hybridized carbons (Fsp3) is 0.667. The van der Waals surface area contributed by atoms with Gasteiger partial charge in [-0.25, -0.2) is 4.79 Å². The first-order valence-corrected chi connectivity index (χ1v) is 14.1. The summed E-state index contributed by atoms with van der Waals surface area (Å²) < 4.78 is 38.9. The molecule has 0 radical (unpaired) electrons. The number of allylic oxidation sites excluding steroid dienone is 1. The standard InChI is InChI=1S/C30H43F3N4O2/c1-28(2,3)19-26(38)36-15-12-35(13-16-36)14-17-37(20-21-6-7-23-18-25(21)29(23,4)5)27(39)34-24-10-8-22(9-11-24)30(31,32)33/h6,8-11,23,25H,7,12-20H2,1-5H3,(H,34,39). The number of nitrogens with one attached hydrogen (secondary N) is 1. The molecule has 9 heteroatoms. The van der Waals surface area contributed by atoms with Crippen molar-refractivity contribution in [2.75, 3.05) is 51.1 Å². The third-order valence-electron chi connectivity index (χ3n) is 8.80. The van der Waals surface area contributed by atoms with Crippen molar-refractivity contribution in [1.29, 1.82) is 0 Å². The Morgan fingerprint density at radius 2 is 1.69 bits per heavy atom. The Morgan fingerprint density at radius 1 is 1.05 bits per heavy atom. The molecule has 1 heterocycles. The molecule has 3 amide bonds. The fourth-order valence-corrected chi connectivity index (χ4v) is 6.12. The zero-order chi connectivity index (χ0) is 28.6. The Hall–Kier alpha value is -2.55. The van der Waals surface area contributed by atoms with Crippen molar-refractivity contribution in [1.82, 2.24) is 14.7 Å². The number of alkyl halides is 3. The van der Waals surface area contributed by atoms with Crippen LogP contribution in [-0.2, 0) is 11.0 Å². The molecule has 2 bridgehead atoms. The maximum atomic E-state index is 13.4. The predicted molar refractivity (Wildman–Crippen MR) is 147 cm³/mol. The van der Waals surface area contributed by atoms with Crippen molar-refractivity contribution < 1.29 is 22.8 Å². The molecule has 2 fully saturated rings. The number of anilines is 1. The summed E-state index contributed by atoms with van der Waals surface area (Å²) in [5.41, 5.74) is 1.06. The molecular formula is C30H43F3N4O2. The summed E-state index contributed by atoms with van der Waals surface area (Å²) in [5, 5.41) is 2.81. The second-order valence-electron chi connectivity index (χ2n) is 13.2. The van der Waals surface area contributed by atoms with E-state index in [0.717, 1.165) is 38.1 Å². The van der Waals surface area contributed by atoms with Crippen LogP contribution in [-0.4, -0.2) is 72.5 Å². The molecule has 2 unspecified atom stereocenters. The Morgan fingerprint density at radius 3 is 2.23 bits per heavy atom. The molecule has 0 spiro atoms. The minimum Gasteiger partial charge on any atom is -0.340 e. The van der Waals surface area contributed by atoms with Crippen LogP contribution in [0.3, 0.4) is 0 Å². The summed E-state index contributed by atoms with van der Waals surface area (Å²) in [4.78, 5) is 32.0. The van der Waals surface area contributed by atoms with E-state index < -0.39 is 11.7 Å². The third-order valence-corrected chi connectivity index (χ3v) is 8.80. The van der Waals surface area contributed by atoms with Crippen LogP contribution in [0.2, 0.25) is 0 Å². The number of benzene rings is 1. The number of urea groups is 1. The van der Waals surface area contributed by atoms with Gasteiger partial charge < -0.3 is 15.1 Å². The number of nitrogens with zero attached hydrogens (tertiary/aromatic N) is 3. The van der Waals surface area contributed by atoms with Gasteiger partial charge in [-0.05, 0) is 59.8 Å². The minimum absolute atomic E-state index is 0.0437. The van der Waals surface area contributed by atoms with Crippen molar-refractivity contribution in [3.63, 3.8) is 0 Å². The summed E-state index contributed by atoms with van der Waals surface area (Å²) >= 11 is 0. The van der Waals surface area contributed by atoms with Crippen molar-refractivity contribution in [2.24, 2.45) is 22.7 Å². The van der Waals surface area contributed by atoms with Gasteiger partial charge >= 0.3 is 12.2 Å². The van der Waals surface area contributed by atoms with Crippen molar-refractivity contribution in [3.8, 4) is 0 Å². The molecule has 216 valence electrons. The highest BCUT2D eigenvalue weighted by Crippen LogP contribution is 2.59. The largest absolute Gasteiger partial charge is 0.416 e. The van der Waals surface area contributed by atoms with Gasteiger partial charge in [0.2, 0.25) is 5.91 Å². The maximum absolute atomic E-state index is 13.4. The first-order chi connectivity index (χ1) is 18.1. The van der Waals surface area contributed by atoms with Crippen LogP contribution in [0, 0.1) is 22.7 Å². The van der Waals surface area contributed by atoms with E-state index in [1.165, 1.54) is 17.7 Å². The number of halogens is 3. The molecule has 1 N–H and O–H groups in total. The first kappa shape index (κ1) is 29.4. The van der Waals surface area contributed by atoms with E-state index in [2.05, 4.69) is 50.9 Å². The predicted octanol–water partition coefficient (Wildman–Crippen LogP) is 6.11. The van der Waals surface area contributed by atoms with Crippen LogP contribution in [0.4, 0.5) is 23.7 Å². The number of piperazine rings is 1. The fourth-order valence-electron chi connectivity index (χ4n) is 6.12. The van der Waals surface area contributed by atoms with Crippen LogP contribution < -0.4 is 5.32 Å². The average molecular weight is 549 g/mol. The van der Waals surface area contributed by atoms with E-state index in [-0.39, 0.29) is 22.8 Å². The lowest BCUT2D eigenvalue weighted by atomic mass is 9.49. The summed E-state index contributed by atoms with van der Waals surface area (Å²) in [6.07, 6.45) is 0.562. The second-order valence-corrected chi connectivity index (χ2v) is 13.2. The van der Waals surface area contributed by atoms with Gasteiger partial charge in [0.25, 0.3) is 0 Å². The topological polar surface area (TPSA) is 55.9 Å². The highest BCUT2D eigenvalue weighted by molar-refractivity contribution is 5.89. The summed E-state index contributed by atoms with van der Waals surface area (Å²) in [6, 6.07) is 4.26. The van der Waals surface area contributed by atoms with Crippen molar-refractivity contribution in [3.05, 3.63) is 41.5 Å². The molecule has 1 saturated carbocycles. The lowest BCUT2D eigenvalue weighted by Gasteiger charge is -2.57. The number of hydrogen-bond donors (Lipinski definition) is 1. The molecule has 39 heavy (non-hydrogen) atoms. The zero-order valence-electron chi connectivity index (χ0n) is 23.9. The molecule has 3 aliphatic carbocycles. The summed E-state index contributed by atoms with van der Waals surface area (Å²) in [5.74, 6) is 1.33. The molecule has 1 aliphatic heterocycles. The Bertz CT molecular complexity index is 1070. The Labute approximate surface area is 230 Å². The van der Waals surface area contributed by atoms with Crippen molar-refractivity contribution >= 4 is 17.6 Å². The van der Waals surface area contributed by atoms with Gasteiger partial charge in [-0.15, -0.1) is 0 Å². The number of carbonyl (C=O) groups excluding carboxylic acids is 2. The second kappa shape index (κ2) is 11.1. The minimum atomic E-state index is -4.42. The first-order valence-electron chi connectivity index (χ1n) is 14.1. The van der Waals surface area contributed by atoms with Gasteiger partial charge in [-0.1, -0.05) is 46.3 Å². The van der Waals surface area contributed by atoms with Crippen LogP contribution in [0.1, 0.15) is 59.4 Å². The third kappa shape index (κ3) is 7.16. The number of rotatable bonds is 7. The Kier molecular flexibility index (Phi) is 8.41. The van der Waals surface area contributed by atoms with Gasteiger partial charge in [0.05, 0.1) is 5.56 Å². The number of amides is 3. The van der Waals surface area contributed by atoms with E-state index >= 15 is 0 Å². The zero-order valence-corrected chi connectivity index (χ0v) is 23.9. The average Bonchev–Trinajstić information content (AvgIpc) is 2.85. The molecule has 6 nitrogen and oxygen atoms in total. The molecule has 4 aliphatic rings. The SMILES string of the molecule is CC(C)(C)CC(=O)N1CCN(CCN(CC2=CCC3CC2C3(C)C)C(=O)Nc2ccc(C(F)(F)F)cc2)CC1. The molecule has 1 saturated heterocycles. The summed E-state index contributed by atoms with van der Waals surface area (Å²) in [7, 11) is 0. The quantitative estimate of drug-likeness (QED) is 0.418. The molecule has 5 rings (SSSR count). The highest BCUT2D eigenvalue weighted by Gasteiger charge is 2.51.